The summed E-state index contributed by atoms with van der Waals surface area (Å²) in [4.78, 5) is 4.65. The van der Waals surface area contributed by atoms with Crippen LogP contribution in [0.4, 0.5) is 51.2 Å². The third-order valence-corrected chi connectivity index (χ3v) is 15.0. The molecule has 0 saturated heterocycles. The molecule has 0 spiro atoms. The van der Waals surface area contributed by atoms with E-state index in [1.807, 2.05) is 72.8 Å². The highest BCUT2D eigenvalue weighted by Gasteiger charge is 2.21. The molecule has 0 aliphatic rings. The summed E-state index contributed by atoms with van der Waals surface area (Å²) in [6, 6.07) is 100. The Morgan fingerprint density at radius 2 is 0.695 bits per heavy atom. The molecule has 14 rings (SSSR count). The maximum Gasteiger partial charge on any atom is 0.135 e. The lowest BCUT2D eigenvalue weighted by molar-refractivity contribution is 0.668. The van der Waals surface area contributed by atoms with Gasteiger partial charge in [0, 0.05) is 77.2 Å². The van der Waals surface area contributed by atoms with Crippen molar-refractivity contribution >= 4 is 111 Å². The van der Waals surface area contributed by atoms with Crippen LogP contribution in [0.25, 0.3) is 66.1 Å². The Kier molecular flexibility index (Phi) is 16.1. The van der Waals surface area contributed by atoms with Crippen LogP contribution in [0.2, 0.25) is 0 Å². The Hall–Kier alpha value is -10.1. The number of hydrogen-bond donors (Lipinski definition) is 2. The maximum absolute atomic E-state index is 6.30. The lowest BCUT2D eigenvalue weighted by Crippen LogP contribution is -2.11. The second-order valence-corrected chi connectivity index (χ2v) is 20.7. The number of furan rings is 2. The predicted octanol–water partition coefficient (Wildman–Crippen LogP) is 22.5. The standard InChI is InChI=1S/C37H28N2O.C31H22BrNO.C6H7N.CH4/c1-26-34(22-24-36-37(26)33-25-30(19-23-35(33)40-36)38-29-13-7-3-8-14-29)39(31-15-9-4-10-16-31)32-20-17-28(18-21-32)27-11-5-2-6-12-27;1-21-28(17-19-30-31(21)27-20-24(32)14-18-29(27)34-30)33(25-10-6-3-7-11-25)26-15-12-23(13-16-26)22-8-4-2-5-9-22;7-6-4-2-1-3-5-6;/h2-25,38H,1H3;2-20H,1H3;1-5H,7H2;1H4. The molecule has 2 aromatic heterocycles. The van der Waals surface area contributed by atoms with E-state index in [1.165, 1.54) is 33.4 Å². The molecule has 0 unspecified atom stereocenters. The van der Waals surface area contributed by atoms with E-state index in [9.17, 15) is 0 Å². The largest absolute Gasteiger partial charge is 0.456 e. The van der Waals surface area contributed by atoms with Crippen LogP contribution >= 0.6 is 15.9 Å². The van der Waals surface area contributed by atoms with Gasteiger partial charge in [-0.25, -0.2) is 0 Å². The Labute approximate surface area is 488 Å². The Morgan fingerprint density at radius 3 is 1.12 bits per heavy atom. The van der Waals surface area contributed by atoms with Crippen molar-refractivity contribution in [1.29, 1.82) is 0 Å². The summed E-state index contributed by atoms with van der Waals surface area (Å²) in [6.07, 6.45) is 0. The van der Waals surface area contributed by atoms with Gasteiger partial charge in [-0.05, 0) is 181 Å². The number of nitrogens with zero attached hydrogens (tertiary/aromatic N) is 2. The molecule has 400 valence electrons. The number of nitrogen functional groups attached to an aromatic ring is 1. The molecule has 6 nitrogen and oxygen atoms in total. The Morgan fingerprint density at radius 1 is 0.341 bits per heavy atom. The second kappa shape index (κ2) is 24.5. The lowest BCUT2D eigenvalue weighted by atomic mass is 10.0. The van der Waals surface area contributed by atoms with Crippen LogP contribution in [-0.4, -0.2) is 0 Å². The highest BCUT2D eigenvalue weighted by Crippen LogP contribution is 2.45. The number of benzene rings is 12. The molecular formula is C75H61BrN4O2. The van der Waals surface area contributed by atoms with Crippen LogP contribution in [0.1, 0.15) is 18.6 Å². The van der Waals surface area contributed by atoms with Crippen LogP contribution in [0.15, 0.2) is 304 Å². The van der Waals surface area contributed by atoms with Gasteiger partial charge < -0.3 is 29.7 Å². The average molecular weight is 1130 g/mol. The molecular weight excluding hydrogens is 1070 g/mol. The summed E-state index contributed by atoms with van der Waals surface area (Å²) in [5.74, 6) is 0. The molecule has 0 aliphatic carbocycles. The number of rotatable bonds is 10. The minimum Gasteiger partial charge on any atom is -0.456 e. The van der Waals surface area contributed by atoms with Gasteiger partial charge in [0.2, 0.25) is 0 Å². The van der Waals surface area contributed by atoms with Gasteiger partial charge in [0.25, 0.3) is 0 Å². The summed E-state index contributed by atoms with van der Waals surface area (Å²) >= 11 is 3.62. The van der Waals surface area contributed by atoms with Crippen molar-refractivity contribution in [1.82, 2.24) is 0 Å². The number of nitrogens with two attached hydrogens (primary N) is 1. The van der Waals surface area contributed by atoms with Crippen molar-refractivity contribution in [3.05, 3.63) is 307 Å². The number of aryl methyl sites for hydroxylation is 2. The van der Waals surface area contributed by atoms with Gasteiger partial charge in [0.05, 0.1) is 0 Å². The summed E-state index contributed by atoms with van der Waals surface area (Å²) in [7, 11) is 0. The van der Waals surface area contributed by atoms with Crippen LogP contribution in [0.5, 0.6) is 0 Å². The van der Waals surface area contributed by atoms with Gasteiger partial charge in [0.1, 0.15) is 22.3 Å². The van der Waals surface area contributed by atoms with E-state index in [1.54, 1.807) is 0 Å². The fraction of sp³-hybridized carbons (Fsp3) is 0.0400. The third-order valence-electron chi connectivity index (χ3n) is 14.5. The summed E-state index contributed by atoms with van der Waals surface area (Å²) in [5.41, 5.74) is 25.7. The number of hydrogen-bond acceptors (Lipinski definition) is 6. The molecule has 2 heterocycles. The first-order valence-electron chi connectivity index (χ1n) is 27.0. The van der Waals surface area contributed by atoms with Crippen LogP contribution < -0.4 is 20.9 Å². The lowest BCUT2D eigenvalue weighted by Gasteiger charge is -2.27. The zero-order valence-electron chi connectivity index (χ0n) is 44.9. The first kappa shape index (κ1) is 53.9. The zero-order chi connectivity index (χ0) is 55.1. The number of para-hydroxylation sites is 4. The molecule has 0 saturated carbocycles. The van der Waals surface area contributed by atoms with E-state index in [0.29, 0.717) is 0 Å². The molecule has 82 heavy (non-hydrogen) atoms. The SMILES string of the molecule is C.Cc1c(N(c2ccccc2)c2ccc(-c3ccccc3)cc2)ccc2oc3ccc(Br)cc3c12.Cc1c(N(c2ccccc2)c2ccc(-c3ccccc3)cc2)ccc2oc3ccc(Nc4ccccc4)cc3c12.Nc1ccccc1. The topological polar surface area (TPSA) is 70.8 Å². The fourth-order valence-corrected chi connectivity index (χ4v) is 11.0. The number of nitrogens with one attached hydrogen (secondary N) is 1. The first-order chi connectivity index (χ1) is 39.8. The highest BCUT2D eigenvalue weighted by molar-refractivity contribution is 9.10. The van der Waals surface area contributed by atoms with Crippen molar-refractivity contribution in [2.75, 3.05) is 20.9 Å². The molecule has 14 aromatic rings. The van der Waals surface area contributed by atoms with E-state index in [0.717, 1.165) is 99.5 Å². The van der Waals surface area contributed by atoms with Crippen LogP contribution in [-0.2, 0) is 0 Å². The van der Waals surface area contributed by atoms with E-state index in [4.69, 9.17) is 14.6 Å². The number of anilines is 9. The molecule has 0 radical (unpaired) electrons. The summed E-state index contributed by atoms with van der Waals surface area (Å²) in [5, 5.41) is 8.03. The Balaban J connectivity index is 0.000000153. The monoisotopic (exact) mass is 1130 g/mol. The van der Waals surface area contributed by atoms with Gasteiger partial charge in [-0.1, -0.05) is 181 Å². The number of fused-ring (bicyclic) bond motifs is 6. The molecule has 0 atom stereocenters. The van der Waals surface area contributed by atoms with Crippen molar-refractivity contribution in [2.24, 2.45) is 0 Å². The van der Waals surface area contributed by atoms with Crippen LogP contribution in [0, 0.1) is 13.8 Å². The maximum atomic E-state index is 6.30. The van der Waals surface area contributed by atoms with E-state index < -0.39 is 0 Å². The molecule has 7 heteroatoms. The minimum absolute atomic E-state index is 0. The summed E-state index contributed by atoms with van der Waals surface area (Å²) in [6.45, 7) is 4.38. The normalized spacial score (nSPS) is 10.8. The fourth-order valence-electron chi connectivity index (χ4n) is 10.6. The molecule has 0 bridgehead atoms. The molecule has 3 N–H and O–H groups in total. The van der Waals surface area contributed by atoms with Gasteiger partial charge >= 0.3 is 0 Å². The van der Waals surface area contributed by atoms with E-state index in [-0.39, 0.29) is 7.43 Å². The average Bonchev–Trinajstić information content (AvgIpc) is 4.10. The summed E-state index contributed by atoms with van der Waals surface area (Å²) < 4.78 is 13.5. The Bertz CT molecular complexity index is 4380. The van der Waals surface area contributed by atoms with Gasteiger partial charge in [0.15, 0.2) is 0 Å². The van der Waals surface area contributed by atoms with Gasteiger partial charge in [-0.15, -0.1) is 0 Å². The van der Waals surface area contributed by atoms with Crippen molar-refractivity contribution in [2.45, 2.75) is 21.3 Å². The minimum atomic E-state index is 0. The van der Waals surface area contributed by atoms with E-state index >= 15 is 0 Å². The van der Waals surface area contributed by atoms with E-state index in [2.05, 4.69) is 263 Å². The van der Waals surface area contributed by atoms with Crippen LogP contribution in [0.3, 0.4) is 0 Å². The van der Waals surface area contributed by atoms with Gasteiger partial charge in [-0.3, -0.25) is 0 Å². The predicted molar refractivity (Wildman–Crippen MR) is 352 cm³/mol. The second-order valence-electron chi connectivity index (χ2n) is 19.8. The van der Waals surface area contributed by atoms with Crippen molar-refractivity contribution in [3.63, 3.8) is 0 Å². The molecule has 12 aromatic carbocycles. The highest BCUT2D eigenvalue weighted by atomic mass is 79.9. The molecule has 0 aliphatic heterocycles. The zero-order valence-corrected chi connectivity index (χ0v) is 46.5. The van der Waals surface area contributed by atoms with Crippen molar-refractivity contribution in [3.8, 4) is 22.3 Å². The van der Waals surface area contributed by atoms with Crippen molar-refractivity contribution < 1.29 is 8.83 Å². The van der Waals surface area contributed by atoms with Gasteiger partial charge in [-0.2, -0.15) is 0 Å². The molecule has 0 fully saturated rings. The third kappa shape index (κ3) is 11.5. The smallest absolute Gasteiger partial charge is 0.135 e. The number of halogens is 1. The molecule has 0 amide bonds. The quantitative estimate of drug-likeness (QED) is 0.133. The first-order valence-corrected chi connectivity index (χ1v) is 27.8.